The van der Waals surface area contributed by atoms with Crippen molar-refractivity contribution in [2.45, 2.75) is 57.1 Å². The van der Waals surface area contributed by atoms with Crippen LogP contribution in [-0.4, -0.2) is 54.3 Å². The van der Waals surface area contributed by atoms with Crippen molar-refractivity contribution in [2.75, 3.05) is 13.1 Å². The van der Waals surface area contributed by atoms with Crippen molar-refractivity contribution in [1.82, 2.24) is 30.0 Å². The van der Waals surface area contributed by atoms with E-state index < -0.39 is 0 Å². The SMILES string of the molecule is OC1CCC(c2cncc3[nH]c(-c4n[nH]c5ccc(-c6cccc(CN7CCCC7)c6)cc45)nc23)CC1. The minimum Gasteiger partial charge on any atom is -0.393 e. The molecule has 2 aliphatic rings. The van der Waals surface area contributed by atoms with Gasteiger partial charge < -0.3 is 10.1 Å². The van der Waals surface area contributed by atoms with Crippen LogP contribution in [0.5, 0.6) is 0 Å². The van der Waals surface area contributed by atoms with Crippen molar-refractivity contribution in [2.24, 2.45) is 0 Å². The van der Waals surface area contributed by atoms with Crippen LogP contribution >= 0.6 is 0 Å². The van der Waals surface area contributed by atoms with Gasteiger partial charge in [-0.2, -0.15) is 5.10 Å². The van der Waals surface area contributed by atoms with E-state index in [0.717, 1.165) is 65.7 Å². The molecule has 0 bridgehead atoms. The number of imidazole rings is 1. The zero-order valence-corrected chi connectivity index (χ0v) is 21.0. The van der Waals surface area contributed by atoms with E-state index in [1.807, 2.05) is 12.4 Å². The van der Waals surface area contributed by atoms with Gasteiger partial charge in [-0.1, -0.05) is 24.3 Å². The number of fused-ring (bicyclic) bond motifs is 2. The third kappa shape index (κ3) is 4.32. The number of benzene rings is 2. The molecular weight excluding hydrogens is 460 g/mol. The maximum atomic E-state index is 9.95. The number of nitrogens with one attached hydrogen (secondary N) is 2. The quantitative estimate of drug-likeness (QED) is 0.289. The minimum absolute atomic E-state index is 0.177. The Bertz CT molecular complexity index is 1560. The molecule has 1 saturated carbocycles. The number of aromatic amines is 2. The third-order valence-electron chi connectivity index (χ3n) is 8.21. The summed E-state index contributed by atoms with van der Waals surface area (Å²) in [6, 6.07) is 15.4. The summed E-state index contributed by atoms with van der Waals surface area (Å²) in [5, 5.41) is 18.8. The molecule has 188 valence electrons. The first-order chi connectivity index (χ1) is 18.2. The highest BCUT2D eigenvalue weighted by molar-refractivity contribution is 5.96. The maximum Gasteiger partial charge on any atom is 0.159 e. The average molecular weight is 493 g/mol. The van der Waals surface area contributed by atoms with Crippen LogP contribution in [0.3, 0.4) is 0 Å². The molecule has 1 aliphatic heterocycles. The molecule has 3 N–H and O–H groups in total. The number of pyridine rings is 1. The highest BCUT2D eigenvalue weighted by Gasteiger charge is 2.24. The Morgan fingerprint density at radius 3 is 2.62 bits per heavy atom. The molecule has 37 heavy (non-hydrogen) atoms. The molecule has 5 aromatic rings. The van der Waals surface area contributed by atoms with Crippen molar-refractivity contribution >= 4 is 21.9 Å². The third-order valence-corrected chi connectivity index (χ3v) is 8.21. The lowest BCUT2D eigenvalue weighted by Gasteiger charge is -2.25. The van der Waals surface area contributed by atoms with Gasteiger partial charge in [0.05, 0.1) is 28.9 Å². The molecular formula is C30H32N6O. The van der Waals surface area contributed by atoms with Gasteiger partial charge in [0.1, 0.15) is 5.69 Å². The van der Waals surface area contributed by atoms with E-state index in [2.05, 4.69) is 67.5 Å². The largest absolute Gasteiger partial charge is 0.393 e. The van der Waals surface area contributed by atoms with Crippen LogP contribution in [0, 0.1) is 0 Å². The van der Waals surface area contributed by atoms with Gasteiger partial charge in [-0.25, -0.2) is 4.98 Å². The van der Waals surface area contributed by atoms with Gasteiger partial charge in [-0.05, 0) is 92.4 Å². The Hall–Kier alpha value is -3.55. The summed E-state index contributed by atoms with van der Waals surface area (Å²) in [7, 11) is 0. The summed E-state index contributed by atoms with van der Waals surface area (Å²) < 4.78 is 0. The van der Waals surface area contributed by atoms with Gasteiger partial charge in [0, 0.05) is 23.7 Å². The number of hydrogen-bond acceptors (Lipinski definition) is 5. The number of aliphatic hydroxyl groups is 1. The number of aromatic nitrogens is 5. The molecule has 7 heteroatoms. The van der Waals surface area contributed by atoms with Crippen LogP contribution in [0.15, 0.2) is 54.9 Å². The zero-order valence-electron chi connectivity index (χ0n) is 21.0. The molecule has 1 aliphatic carbocycles. The molecule has 4 heterocycles. The topological polar surface area (TPSA) is 93.7 Å². The summed E-state index contributed by atoms with van der Waals surface area (Å²) in [6.45, 7) is 3.42. The number of hydrogen-bond donors (Lipinski definition) is 3. The predicted octanol–water partition coefficient (Wildman–Crippen LogP) is 5.78. The monoisotopic (exact) mass is 492 g/mol. The smallest absolute Gasteiger partial charge is 0.159 e. The minimum atomic E-state index is -0.177. The van der Waals surface area contributed by atoms with Crippen molar-refractivity contribution in [3.8, 4) is 22.6 Å². The molecule has 0 spiro atoms. The Morgan fingerprint density at radius 1 is 0.919 bits per heavy atom. The lowest BCUT2D eigenvalue weighted by atomic mass is 9.83. The molecule has 0 atom stereocenters. The first kappa shape index (κ1) is 22.6. The standard InChI is InChI=1S/C30H32N6O/c37-23-9-6-20(7-10-23)25-16-31-17-27-28(25)33-30(32-27)29-24-15-22(8-11-26(24)34-35-29)21-5-3-4-19(14-21)18-36-12-1-2-13-36/h3-5,8,11,14-17,20,23,37H,1-2,6-7,9-10,12-13,18H2,(H,32,33)(H,34,35). The lowest BCUT2D eigenvalue weighted by Crippen LogP contribution is -2.18. The Labute approximate surface area is 216 Å². The summed E-state index contributed by atoms with van der Waals surface area (Å²) in [5.74, 6) is 1.14. The number of rotatable bonds is 5. The van der Waals surface area contributed by atoms with Crippen LogP contribution in [0.25, 0.3) is 44.6 Å². The summed E-state index contributed by atoms with van der Waals surface area (Å²) >= 11 is 0. The van der Waals surface area contributed by atoms with Crippen molar-refractivity contribution in [1.29, 1.82) is 0 Å². The van der Waals surface area contributed by atoms with E-state index >= 15 is 0 Å². The molecule has 7 rings (SSSR count). The van der Waals surface area contributed by atoms with E-state index in [4.69, 9.17) is 4.98 Å². The Balaban J connectivity index is 1.24. The molecule has 3 aromatic heterocycles. The Kier molecular flexibility index (Phi) is 5.75. The summed E-state index contributed by atoms with van der Waals surface area (Å²) in [4.78, 5) is 15.5. The van der Waals surface area contributed by atoms with E-state index in [1.54, 1.807) is 0 Å². The second-order valence-corrected chi connectivity index (χ2v) is 10.7. The second kappa shape index (κ2) is 9.39. The first-order valence-electron chi connectivity index (χ1n) is 13.5. The van der Waals surface area contributed by atoms with E-state index in [0.29, 0.717) is 5.92 Å². The average Bonchev–Trinajstić information content (AvgIpc) is 3.68. The second-order valence-electron chi connectivity index (χ2n) is 10.7. The molecule has 7 nitrogen and oxygen atoms in total. The van der Waals surface area contributed by atoms with Gasteiger partial charge in [0.2, 0.25) is 0 Å². The van der Waals surface area contributed by atoms with Crippen LogP contribution in [0.4, 0.5) is 0 Å². The predicted molar refractivity (Wildman–Crippen MR) is 146 cm³/mol. The van der Waals surface area contributed by atoms with E-state index in [9.17, 15) is 5.11 Å². The van der Waals surface area contributed by atoms with Crippen LogP contribution in [0.1, 0.15) is 55.6 Å². The van der Waals surface area contributed by atoms with Gasteiger partial charge in [0.15, 0.2) is 5.82 Å². The molecule has 0 amide bonds. The van der Waals surface area contributed by atoms with Gasteiger partial charge in [0.25, 0.3) is 0 Å². The van der Waals surface area contributed by atoms with Crippen molar-refractivity contribution < 1.29 is 5.11 Å². The first-order valence-corrected chi connectivity index (χ1v) is 13.5. The Morgan fingerprint density at radius 2 is 1.76 bits per heavy atom. The maximum absolute atomic E-state index is 9.95. The molecule has 1 saturated heterocycles. The highest BCUT2D eigenvalue weighted by Crippen LogP contribution is 2.37. The van der Waals surface area contributed by atoms with Crippen LogP contribution in [-0.2, 0) is 6.54 Å². The summed E-state index contributed by atoms with van der Waals surface area (Å²) in [6.07, 6.45) is 9.85. The normalized spacial score (nSPS) is 20.8. The fourth-order valence-electron chi connectivity index (χ4n) is 6.17. The zero-order chi connectivity index (χ0) is 24.8. The van der Waals surface area contributed by atoms with E-state index in [-0.39, 0.29) is 6.10 Å². The fourth-order valence-corrected chi connectivity index (χ4v) is 6.17. The van der Waals surface area contributed by atoms with Gasteiger partial charge in [-0.15, -0.1) is 0 Å². The van der Waals surface area contributed by atoms with Crippen LogP contribution < -0.4 is 0 Å². The van der Waals surface area contributed by atoms with E-state index in [1.165, 1.54) is 48.2 Å². The number of aliphatic hydroxyl groups excluding tert-OH is 1. The van der Waals surface area contributed by atoms with Gasteiger partial charge >= 0.3 is 0 Å². The van der Waals surface area contributed by atoms with Crippen molar-refractivity contribution in [3.05, 3.63) is 66.0 Å². The number of likely N-dealkylation sites (tertiary alicyclic amines) is 1. The molecule has 2 fully saturated rings. The van der Waals surface area contributed by atoms with Crippen molar-refractivity contribution in [3.63, 3.8) is 0 Å². The number of H-pyrrole nitrogens is 2. The molecule has 0 radical (unpaired) electrons. The lowest BCUT2D eigenvalue weighted by molar-refractivity contribution is 0.122. The highest BCUT2D eigenvalue weighted by atomic mass is 16.3. The molecule has 0 unspecified atom stereocenters. The molecule has 2 aromatic carbocycles. The fraction of sp³-hybridized carbons (Fsp3) is 0.367. The summed E-state index contributed by atoms with van der Waals surface area (Å²) in [5.41, 5.74) is 8.65. The number of nitrogens with zero attached hydrogens (tertiary/aromatic N) is 4. The van der Waals surface area contributed by atoms with Crippen LogP contribution in [0.2, 0.25) is 0 Å². The van der Waals surface area contributed by atoms with Gasteiger partial charge in [-0.3, -0.25) is 15.0 Å².